The Hall–Kier alpha value is -2.01. The van der Waals surface area contributed by atoms with E-state index < -0.39 is 5.97 Å². The van der Waals surface area contributed by atoms with E-state index in [4.69, 9.17) is 16.7 Å². The van der Waals surface area contributed by atoms with Crippen molar-refractivity contribution in [3.05, 3.63) is 47.0 Å². The highest BCUT2D eigenvalue weighted by Crippen LogP contribution is 2.21. The Morgan fingerprint density at radius 3 is 3.00 bits per heavy atom. The van der Waals surface area contributed by atoms with Gasteiger partial charge in [0.15, 0.2) is 0 Å². The van der Waals surface area contributed by atoms with Crippen molar-refractivity contribution < 1.29 is 9.90 Å². The van der Waals surface area contributed by atoms with Gasteiger partial charge in [0.2, 0.25) is 0 Å². The van der Waals surface area contributed by atoms with Crippen LogP contribution in [0.2, 0.25) is 5.02 Å². The number of benzene rings is 1. The molecule has 0 saturated heterocycles. The minimum absolute atomic E-state index is 0.0913. The maximum atomic E-state index is 11.0. The summed E-state index contributed by atoms with van der Waals surface area (Å²) in [6.07, 6.45) is 4.73. The first-order valence-corrected chi connectivity index (χ1v) is 6.76. The molecule has 106 valence electrons. The van der Waals surface area contributed by atoms with E-state index >= 15 is 0 Å². The van der Waals surface area contributed by atoms with Gasteiger partial charge in [0.05, 0.1) is 17.1 Å². The molecule has 5 nitrogen and oxygen atoms in total. The number of imidazole rings is 1. The number of nitrogens with one attached hydrogen (secondary N) is 1. The molecule has 0 aliphatic heterocycles. The lowest BCUT2D eigenvalue weighted by molar-refractivity contribution is 0.0697. The van der Waals surface area contributed by atoms with Gasteiger partial charge in [-0.1, -0.05) is 18.5 Å². The minimum Gasteiger partial charge on any atom is -0.478 e. The highest BCUT2D eigenvalue weighted by molar-refractivity contribution is 6.33. The number of rotatable bonds is 6. The average Bonchev–Trinajstić information content (AvgIpc) is 2.85. The standard InChI is InChI=1S/C14H16ClN3O2/c1-2-6-18-7-5-16-13(18)9-17-10-3-4-12(15)11(8-10)14(19)20/h3-5,7-8,17H,2,6,9H2,1H3,(H,19,20). The first-order chi connectivity index (χ1) is 9.61. The van der Waals surface area contributed by atoms with Crippen LogP contribution in [0.25, 0.3) is 0 Å². The lowest BCUT2D eigenvalue weighted by Gasteiger charge is -2.10. The molecule has 0 atom stereocenters. The van der Waals surface area contributed by atoms with Crippen LogP contribution in [-0.4, -0.2) is 20.6 Å². The zero-order valence-corrected chi connectivity index (χ0v) is 11.9. The molecule has 0 saturated carbocycles. The number of carboxylic acids is 1. The normalized spacial score (nSPS) is 10.5. The Bertz CT molecular complexity index is 610. The summed E-state index contributed by atoms with van der Waals surface area (Å²) in [5, 5.41) is 12.4. The predicted octanol–water partition coefficient (Wildman–Crippen LogP) is 3.26. The van der Waals surface area contributed by atoms with Gasteiger partial charge < -0.3 is 15.0 Å². The van der Waals surface area contributed by atoms with E-state index in [9.17, 15) is 4.79 Å². The van der Waals surface area contributed by atoms with E-state index in [0.29, 0.717) is 12.2 Å². The third kappa shape index (κ3) is 3.30. The first-order valence-electron chi connectivity index (χ1n) is 6.38. The molecule has 1 aromatic carbocycles. The molecule has 2 N–H and O–H groups in total. The second-order valence-corrected chi connectivity index (χ2v) is 4.80. The fourth-order valence-electron chi connectivity index (χ4n) is 1.93. The van der Waals surface area contributed by atoms with Crippen molar-refractivity contribution in [3.8, 4) is 0 Å². The Morgan fingerprint density at radius 2 is 2.30 bits per heavy atom. The van der Waals surface area contributed by atoms with E-state index in [0.717, 1.165) is 18.8 Å². The van der Waals surface area contributed by atoms with Crippen molar-refractivity contribution in [1.29, 1.82) is 0 Å². The van der Waals surface area contributed by atoms with Gasteiger partial charge in [-0.25, -0.2) is 9.78 Å². The minimum atomic E-state index is -1.04. The smallest absolute Gasteiger partial charge is 0.337 e. The van der Waals surface area contributed by atoms with Crippen LogP contribution in [0.3, 0.4) is 0 Å². The zero-order valence-electron chi connectivity index (χ0n) is 11.1. The van der Waals surface area contributed by atoms with Crippen molar-refractivity contribution in [2.45, 2.75) is 26.4 Å². The Morgan fingerprint density at radius 1 is 1.50 bits per heavy atom. The summed E-state index contributed by atoms with van der Waals surface area (Å²) in [7, 11) is 0. The Balaban J connectivity index is 2.09. The van der Waals surface area contributed by atoms with Crippen LogP contribution in [0.4, 0.5) is 5.69 Å². The molecule has 0 spiro atoms. The second-order valence-electron chi connectivity index (χ2n) is 4.39. The lowest BCUT2D eigenvalue weighted by atomic mass is 10.2. The summed E-state index contributed by atoms with van der Waals surface area (Å²) in [5.41, 5.74) is 0.798. The van der Waals surface area contributed by atoms with Gasteiger partial charge in [-0.15, -0.1) is 0 Å². The van der Waals surface area contributed by atoms with Crippen LogP contribution >= 0.6 is 11.6 Å². The number of aryl methyl sites for hydroxylation is 1. The monoisotopic (exact) mass is 293 g/mol. The van der Waals surface area contributed by atoms with Gasteiger partial charge in [-0.3, -0.25) is 0 Å². The first kappa shape index (κ1) is 14.4. The van der Waals surface area contributed by atoms with Crippen LogP contribution in [0, 0.1) is 0 Å². The molecule has 0 unspecified atom stereocenters. The van der Waals surface area contributed by atoms with E-state index in [1.165, 1.54) is 6.07 Å². The van der Waals surface area contributed by atoms with E-state index in [-0.39, 0.29) is 10.6 Å². The maximum absolute atomic E-state index is 11.0. The van der Waals surface area contributed by atoms with E-state index in [1.807, 2.05) is 6.20 Å². The summed E-state index contributed by atoms with van der Waals surface area (Å²) >= 11 is 5.83. The Kier molecular flexibility index (Phi) is 4.63. The van der Waals surface area contributed by atoms with Gasteiger partial charge in [0.1, 0.15) is 5.82 Å². The highest BCUT2D eigenvalue weighted by atomic mass is 35.5. The largest absolute Gasteiger partial charge is 0.478 e. The zero-order chi connectivity index (χ0) is 14.5. The van der Waals surface area contributed by atoms with Gasteiger partial charge >= 0.3 is 5.97 Å². The number of aromatic nitrogens is 2. The van der Waals surface area contributed by atoms with Gasteiger partial charge in [0, 0.05) is 24.6 Å². The summed E-state index contributed by atoms with van der Waals surface area (Å²) in [5.74, 6) is -0.121. The maximum Gasteiger partial charge on any atom is 0.337 e. The number of carboxylic acid groups (broad SMARTS) is 1. The van der Waals surface area contributed by atoms with Crippen LogP contribution < -0.4 is 5.32 Å². The number of nitrogens with zero attached hydrogens (tertiary/aromatic N) is 2. The second kappa shape index (κ2) is 6.43. The van der Waals surface area contributed by atoms with Crippen LogP contribution in [0.15, 0.2) is 30.6 Å². The fourth-order valence-corrected chi connectivity index (χ4v) is 2.13. The van der Waals surface area contributed by atoms with Crippen molar-refractivity contribution in [3.63, 3.8) is 0 Å². The molecule has 2 rings (SSSR count). The third-order valence-corrected chi connectivity index (χ3v) is 3.24. The predicted molar refractivity (Wildman–Crippen MR) is 78.3 cm³/mol. The summed E-state index contributed by atoms with van der Waals surface area (Å²) in [4.78, 5) is 15.3. The number of aromatic carboxylic acids is 1. The SMILES string of the molecule is CCCn1ccnc1CNc1ccc(Cl)c(C(=O)O)c1. The number of hydrogen-bond donors (Lipinski definition) is 2. The number of halogens is 1. The van der Waals surface area contributed by atoms with E-state index in [1.54, 1.807) is 18.3 Å². The van der Waals surface area contributed by atoms with Gasteiger partial charge in [0.25, 0.3) is 0 Å². The molecule has 0 bridgehead atoms. The van der Waals surface area contributed by atoms with Crippen LogP contribution in [0.1, 0.15) is 29.5 Å². The van der Waals surface area contributed by atoms with E-state index in [2.05, 4.69) is 21.8 Å². The van der Waals surface area contributed by atoms with Crippen molar-refractivity contribution in [2.75, 3.05) is 5.32 Å². The summed E-state index contributed by atoms with van der Waals surface area (Å²) < 4.78 is 2.07. The molecule has 20 heavy (non-hydrogen) atoms. The molecular weight excluding hydrogens is 278 g/mol. The topological polar surface area (TPSA) is 67.2 Å². The number of hydrogen-bond acceptors (Lipinski definition) is 3. The van der Waals surface area contributed by atoms with Crippen molar-refractivity contribution >= 4 is 23.3 Å². The molecule has 0 radical (unpaired) electrons. The summed E-state index contributed by atoms with van der Waals surface area (Å²) in [6.45, 7) is 3.56. The third-order valence-electron chi connectivity index (χ3n) is 2.91. The van der Waals surface area contributed by atoms with Crippen LogP contribution in [-0.2, 0) is 13.1 Å². The molecule has 1 heterocycles. The van der Waals surface area contributed by atoms with Gasteiger partial charge in [-0.2, -0.15) is 0 Å². The van der Waals surface area contributed by atoms with Crippen LogP contribution in [0.5, 0.6) is 0 Å². The molecular formula is C14H16ClN3O2. The van der Waals surface area contributed by atoms with Crippen molar-refractivity contribution in [1.82, 2.24) is 9.55 Å². The molecule has 1 aromatic heterocycles. The lowest BCUT2D eigenvalue weighted by Crippen LogP contribution is -2.09. The molecule has 0 amide bonds. The molecule has 0 fully saturated rings. The highest BCUT2D eigenvalue weighted by Gasteiger charge is 2.09. The molecule has 0 aliphatic rings. The summed E-state index contributed by atoms with van der Waals surface area (Å²) in [6, 6.07) is 4.85. The Labute approximate surface area is 122 Å². The van der Waals surface area contributed by atoms with Crippen molar-refractivity contribution in [2.24, 2.45) is 0 Å². The number of anilines is 1. The number of carbonyl (C=O) groups is 1. The molecule has 0 aliphatic carbocycles. The fraction of sp³-hybridized carbons (Fsp3) is 0.286. The van der Waals surface area contributed by atoms with Gasteiger partial charge in [-0.05, 0) is 24.6 Å². The molecule has 2 aromatic rings. The molecule has 6 heteroatoms. The average molecular weight is 294 g/mol. The quantitative estimate of drug-likeness (QED) is 0.858.